The van der Waals surface area contributed by atoms with Gasteiger partial charge in [-0.1, -0.05) is 13.8 Å². The molecule has 88 valence electrons. The van der Waals surface area contributed by atoms with E-state index in [1.807, 2.05) is 0 Å². The third kappa shape index (κ3) is 4.34. The van der Waals surface area contributed by atoms with Crippen molar-refractivity contribution in [1.82, 2.24) is 5.32 Å². The summed E-state index contributed by atoms with van der Waals surface area (Å²) in [5.74, 6) is 0.664. The van der Waals surface area contributed by atoms with Crippen molar-refractivity contribution in [3.63, 3.8) is 0 Å². The second-order valence-electron chi connectivity index (χ2n) is 4.41. The molecule has 1 aromatic carbocycles. The lowest BCUT2D eigenvalue weighted by atomic mass is 10.1. The Morgan fingerprint density at radius 1 is 1.31 bits per heavy atom. The predicted molar refractivity (Wildman–Crippen MR) is 67.3 cm³/mol. The molecular formula is C13H20N2O. The highest BCUT2D eigenvalue weighted by atomic mass is 16.1. The molecule has 1 amide bonds. The van der Waals surface area contributed by atoms with Gasteiger partial charge < -0.3 is 11.1 Å². The smallest absolute Gasteiger partial charge is 0.251 e. The quantitative estimate of drug-likeness (QED) is 0.591. The Kier molecular flexibility index (Phi) is 4.83. The maximum Gasteiger partial charge on any atom is 0.251 e. The zero-order chi connectivity index (χ0) is 12.0. The Labute approximate surface area is 97.0 Å². The second-order valence-corrected chi connectivity index (χ2v) is 4.41. The van der Waals surface area contributed by atoms with Gasteiger partial charge in [-0.15, -0.1) is 0 Å². The fourth-order valence-corrected chi connectivity index (χ4v) is 1.45. The number of nitrogens with two attached hydrogens (primary N) is 1. The lowest BCUT2D eigenvalue weighted by molar-refractivity contribution is 0.0952. The van der Waals surface area contributed by atoms with Crippen molar-refractivity contribution >= 4 is 11.6 Å². The van der Waals surface area contributed by atoms with Crippen LogP contribution in [0, 0.1) is 5.92 Å². The van der Waals surface area contributed by atoms with Crippen LogP contribution in [-0.4, -0.2) is 12.5 Å². The van der Waals surface area contributed by atoms with Crippen molar-refractivity contribution in [3.05, 3.63) is 29.8 Å². The highest BCUT2D eigenvalue weighted by Gasteiger charge is 2.03. The number of carbonyl (C=O) groups excluding carboxylic acids is 1. The van der Waals surface area contributed by atoms with Crippen LogP contribution in [0.4, 0.5) is 5.69 Å². The van der Waals surface area contributed by atoms with Gasteiger partial charge in [-0.3, -0.25) is 4.79 Å². The Bertz CT molecular complexity index is 330. The molecule has 1 aromatic rings. The number of amides is 1. The molecule has 3 N–H and O–H groups in total. The Hall–Kier alpha value is -1.51. The summed E-state index contributed by atoms with van der Waals surface area (Å²) >= 11 is 0. The van der Waals surface area contributed by atoms with E-state index in [1.165, 1.54) is 0 Å². The van der Waals surface area contributed by atoms with Crippen LogP contribution in [0.25, 0.3) is 0 Å². The highest BCUT2D eigenvalue weighted by Crippen LogP contribution is 2.06. The number of hydrogen-bond donors (Lipinski definition) is 2. The van der Waals surface area contributed by atoms with Crippen molar-refractivity contribution in [1.29, 1.82) is 0 Å². The molecular weight excluding hydrogens is 200 g/mol. The fraction of sp³-hybridized carbons (Fsp3) is 0.462. The van der Waals surface area contributed by atoms with Crippen molar-refractivity contribution in [2.75, 3.05) is 12.3 Å². The van der Waals surface area contributed by atoms with Gasteiger partial charge in [-0.2, -0.15) is 0 Å². The van der Waals surface area contributed by atoms with Crippen LogP contribution in [0.1, 0.15) is 37.0 Å². The largest absolute Gasteiger partial charge is 0.399 e. The second kappa shape index (κ2) is 6.16. The first-order valence-corrected chi connectivity index (χ1v) is 5.73. The van der Waals surface area contributed by atoms with E-state index >= 15 is 0 Å². The number of nitrogen functional groups attached to an aromatic ring is 1. The molecule has 0 bridgehead atoms. The first-order valence-electron chi connectivity index (χ1n) is 5.73. The monoisotopic (exact) mass is 220 g/mol. The third-order valence-corrected chi connectivity index (χ3v) is 2.42. The van der Waals surface area contributed by atoms with E-state index in [9.17, 15) is 4.79 Å². The zero-order valence-corrected chi connectivity index (χ0v) is 9.99. The molecule has 0 aliphatic heterocycles. The topological polar surface area (TPSA) is 55.1 Å². The summed E-state index contributed by atoms with van der Waals surface area (Å²) in [4.78, 5) is 11.6. The molecule has 0 unspecified atom stereocenters. The predicted octanol–water partition coefficient (Wildman–Crippen LogP) is 2.43. The van der Waals surface area contributed by atoms with E-state index in [-0.39, 0.29) is 5.91 Å². The summed E-state index contributed by atoms with van der Waals surface area (Å²) in [5.41, 5.74) is 6.89. The Morgan fingerprint density at radius 3 is 2.50 bits per heavy atom. The molecule has 0 aliphatic rings. The molecule has 0 heterocycles. The van der Waals surface area contributed by atoms with Gasteiger partial charge in [0, 0.05) is 17.8 Å². The van der Waals surface area contributed by atoms with Crippen LogP contribution >= 0.6 is 0 Å². The minimum atomic E-state index is -0.0243. The standard InChI is InChI=1S/C13H20N2O/c1-10(2)4-3-9-15-13(16)11-5-7-12(14)8-6-11/h5-8,10H,3-4,9,14H2,1-2H3,(H,15,16). The van der Waals surface area contributed by atoms with Gasteiger partial charge in [-0.05, 0) is 43.0 Å². The van der Waals surface area contributed by atoms with Crippen molar-refractivity contribution in [3.8, 4) is 0 Å². The van der Waals surface area contributed by atoms with Crippen LogP contribution in [0.3, 0.4) is 0 Å². The summed E-state index contributed by atoms with van der Waals surface area (Å²) in [6, 6.07) is 6.96. The number of anilines is 1. The summed E-state index contributed by atoms with van der Waals surface area (Å²) in [7, 11) is 0. The number of carbonyl (C=O) groups is 1. The van der Waals surface area contributed by atoms with E-state index < -0.39 is 0 Å². The van der Waals surface area contributed by atoms with Crippen LogP contribution in [0.2, 0.25) is 0 Å². The van der Waals surface area contributed by atoms with Crippen molar-refractivity contribution < 1.29 is 4.79 Å². The molecule has 1 rings (SSSR count). The normalized spacial score (nSPS) is 10.4. The maximum atomic E-state index is 11.6. The van der Waals surface area contributed by atoms with Gasteiger partial charge >= 0.3 is 0 Å². The summed E-state index contributed by atoms with van der Waals surface area (Å²) in [6.07, 6.45) is 2.17. The molecule has 0 spiro atoms. The summed E-state index contributed by atoms with van der Waals surface area (Å²) in [5, 5.41) is 2.89. The first kappa shape index (κ1) is 12.6. The Morgan fingerprint density at radius 2 is 1.94 bits per heavy atom. The average Bonchev–Trinajstić information content (AvgIpc) is 2.25. The molecule has 0 radical (unpaired) electrons. The van der Waals surface area contributed by atoms with Gasteiger partial charge in [0.2, 0.25) is 0 Å². The van der Waals surface area contributed by atoms with Crippen LogP contribution < -0.4 is 11.1 Å². The molecule has 3 heteroatoms. The minimum Gasteiger partial charge on any atom is -0.399 e. The van der Waals surface area contributed by atoms with Crippen LogP contribution in [0.5, 0.6) is 0 Å². The van der Waals surface area contributed by atoms with Gasteiger partial charge in [0.1, 0.15) is 0 Å². The molecule has 0 atom stereocenters. The number of hydrogen-bond acceptors (Lipinski definition) is 2. The molecule has 3 nitrogen and oxygen atoms in total. The molecule has 0 aliphatic carbocycles. The van der Waals surface area contributed by atoms with E-state index in [0.29, 0.717) is 17.2 Å². The van der Waals surface area contributed by atoms with E-state index in [0.717, 1.165) is 19.4 Å². The zero-order valence-electron chi connectivity index (χ0n) is 9.99. The average molecular weight is 220 g/mol. The molecule has 0 aromatic heterocycles. The summed E-state index contributed by atoms with van der Waals surface area (Å²) < 4.78 is 0. The number of benzene rings is 1. The Balaban J connectivity index is 2.32. The van der Waals surface area contributed by atoms with Crippen LogP contribution in [-0.2, 0) is 0 Å². The maximum absolute atomic E-state index is 11.6. The molecule has 0 saturated carbocycles. The van der Waals surface area contributed by atoms with E-state index in [2.05, 4.69) is 19.2 Å². The third-order valence-electron chi connectivity index (χ3n) is 2.42. The number of rotatable bonds is 5. The number of nitrogens with one attached hydrogen (secondary N) is 1. The molecule has 16 heavy (non-hydrogen) atoms. The lowest BCUT2D eigenvalue weighted by Gasteiger charge is -2.07. The molecule has 0 saturated heterocycles. The van der Waals surface area contributed by atoms with Gasteiger partial charge in [0.05, 0.1) is 0 Å². The van der Waals surface area contributed by atoms with Gasteiger partial charge in [0.25, 0.3) is 5.91 Å². The van der Waals surface area contributed by atoms with E-state index in [4.69, 9.17) is 5.73 Å². The van der Waals surface area contributed by atoms with Gasteiger partial charge in [0.15, 0.2) is 0 Å². The van der Waals surface area contributed by atoms with Crippen molar-refractivity contribution in [2.45, 2.75) is 26.7 Å². The van der Waals surface area contributed by atoms with Gasteiger partial charge in [-0.25, -0.2) is 0 Å². The minimum absolute atomic E-state index is 0.0243. The van der Waals surface area contributed by atoms with Crippen LogP contribution in [0.15, 0.2) is 24.3 Å². The SMILES string of the molecule is CC(C)CCCNC(=O)c1ccc(N)cc1. The molecule has 0 fully saturated rings. The first-order chi connectivity index (χ1) is 7.59. The summed E-state index contributed by atoms with van der Waals surface area (Å²) in [6.45, 7) is 5.10. The fourth-order valence-electron chi connectivity index (χ4n) is 1.45. The van der Waals surface area contributed by atoms with Crippen molar-refractivity contribution in [2.24, 2.45) is 5.92 Å². The van der Waals surface area contributed by atoms with E-state index in [1.54, 1.807) is 24.3 Å². The highest BCUT2D eigenvalue weighted by molar-refractivity contribution is 5.94. The lowest BCUT2D eigenvalue weighted by Crippen LogP contribution is -2.24.